The SMILES string of the molecule is O=C(O)c1ccc(N2CCC(O)(Cc3ccccc3)CC2)cc1. The first kappa shape index (κ1) is 15.6. The number of hydrogen-bond donors (Lipinski definition) is 2. The first-order valence-electron chi connectivity index (χ1n) is 7.90. The molecule has 1 aliphatic heterocycles. The van der Waals surface area contributed by atoms with E-state index >= 15 is 0 Å². The van der Waals surface area contributed by atoms with Gasteiger partial charge in [-0.2, -0.15) is 0 Å². The lowest BCUT2D eigenvalue weighted by Crippen LogP contribution is -2.45. The zero-order valence-corrected chi connectivity index (χ0v) is 13.0. The summed E-state index contributed by atoms with van der Waals surface area (Å²) < 4.78 is 0. The third-order valence-electron chi connectivity index (χ3n) is 4.55. The molecule has 3 rings (SSSR count). The van der Waals surface area contributed by atoms with Crippen molar-refractivity contribution in [1.29, 1.82) is 0 Å². The second-order valence-electron chi connectivity index (χ2n) is 6.23. The normalized spacial score (nSPS) is 17.0. The topological polar surface area (TPSA) is 60.8 Å². The Kier molecular flexibility index (Phi) is 4.35. The van der Waals surface area contributed by atoms with Crippen LogP contribution in [0.4, 0.5) is 5.69 Å². The minimum Gasteiger partial charge on any atom is -0.478 e. The van der Waals surface area contributed by atoms with Crippen LogP contribution in [-0.4, -0.2) is 34.9 Å². The van der Waals surface area contributed by atoms with Gasteiger partial charge in [0.2, 0.25) is 0 Å². The van der Waals surface area contributed by atoms with Crippen LogP contribution in [0.15, 0.2) is 54.6 Å². The highest BCUT2D eigenvalue weighted by Crippen LogP contribution is 2.29. The first-order chi connectivity index (χ1) is 11.1. The van der Waals surface area contributed by atoms with Crippen molar-refractivity contribution in [3.05, 3.63) is 65.7 Å². The second-order valence-corrected chi connectivity index (χ2v) is 6.23. The Morgan fingerprint density at radius 3 is 2.17 bits per heavy atom. The van der Waals surface area contributed by atoms with Crippen LogP contribution >= 0.6 is 0 Å². The minimum atomic E-state index is -0.910. The molecule has 0 radical (unpaired) electrons. The van der Waals surface area contributed by atoms with Gasteiger partial charge in [0.1, 0.15) is 0 Å². The standard InChI is InChI=1S/C19H21NO3/c21-18(22)16-6-8-17(9-7-16)20-12-10-19(23,11-13-20)14-15-4-2-1-3-5-15/h1-9,23H,10-14H2,(H,21,22). The lowest BCUT2D eigenvalue weighted by Gasteiger charge is -2.39. The van der Waals surface area contributed by atoms with E-state index in [4.69, 9.17) is 5.11 Å². The second kappa shape index (κ2) is 6.42. The van der Waals surface area contributed by atoms with Crippen molar-refractivity contribution in [2.45, 2.75) is 24.9 Å². The lowest BCUT2D eigenvalue weighted by molar-refractivity contribution is 0.0165. The number of carbonyl (C=O) groups is 1. The quantitative estimate of drug-likeness (QED) is 0.911. The van der Waals surface area contributed by atoms with Crippen molar-refractivity contribution in [1.82, 2.24) is 0 Å². The number of nitrogens with zero attached hydrogens (tertiary/aromatic N) is 1. The molecule has 4 heteroatoms. The van der Waals surface area contributed by atoms with Gasteiger partial charge in [-0.05, 0) is 42.7 Å². The summed E-state index contributed by atoms with van der Waals surface area (Å²) in [7, 11) is 0. The van der Waals surface area contributed by atoms with Gasteiger partial charge in [0.05, 0.1) is 11.2 Å². The van der Waals surface area contributed by atoms with E-state index < -0.39 is 11.6 Å². The lowest BCUT2D eigenvalue weighted by atomic mass is 9.85. The molecule has 120 valence electrons. The van der Waals surface area contributed by atoms with E-state index in [0.29, 0.717) is 24.8 Å². The van der Waals surface area contributed by atoms with Gasteiger partial charge in [0.15, 0.2) is 0 Å². The van der Waals surface area contributed by atoms with Crippen LogP contribution < -0.4 is 4.90 Å². The predicted molar refractivity (Wildman–Crippen MR) is 89.9 cm³/mol. The van der Waals surface area contributed by atoms with E-state index in [1.165, 1.54) is 0 Å². The van der Waals surface area contributed by atoms with Crippen LogP contribution in [0.5, 0.6) is 0 Å². The Morgan fingerprint density at radius 2 is 1.61 bits per heavy atom. The molecule has 2 aromatic carbocycles. The highest BCUT2D eigenvalue weighted by Gasteiger charge is 2.32. The highest BCUT2D eigenvalue weighted by molar-refractivity contribution is 5.88. The van der Waals surface area contributed by atoms with E-state index in [2.05, 4.69) is 17.0 Å². The first-order valence-corrected chi connectivity index (χ1v) is 7.90. The Labute approximate surface area is 136 Å². The van der Waals surface area contributed by atoms with Gasteiger partial charge in [0, 0.05) is 25.2 Å². The third-order valence-corrected chi connectivity index (χ3v) is 4.55. The van der Waals surface area contributed by atoms with Crippen LogP contribution in [-0.2, 0) is 6.42 Å². The maximum atomic E-state index is 10.9. The van der Waals surface area contributed by atoms with E-state index in [-0.39, 0.29) is 0 Å². The van der Waals surface area contributed by atoms with Gasteiger partial charge in [-0.15, -0.1) is 0 Å². The Morgan fingerprint density at radius 1 is 1.00 bits per heavy atom. The summed E-state index contributed by atoms with van der Waals surface area (Å²) in [4.78, 5) is 13.1. The zero-order valence-electron chi connectivity index (χ0n) is 13.0. The molecule has 4 nitrogen and oxygen atoms in total. The van der Waals surface area contributed by atoms with E-state index in [1.807, 2.05) is 30.3 Å². The number of carboxylic acids is 1. The van der Waals surface area contributed by atoms with Crippen LogP contribution in [0.2, 0.25) is 0 Å². The summed E-state index contributed by atoms with van der Waals surface area (Å²) in [5, 5.41) is 19.8. The largest absolute Gasteiger partial charge is 0.478 e. The molecular weight excluding hydrogens is 290 g/mol. The number of aromatic carboxylic acids is 1. The number of benzene rings is 2. The average Bonchev–Trinajstić information content (AvgIpc) is 2.56. The summed E-state index contributed by atoms with van der Waals surface area (Å²) >= 11 is 0. The number of carboxylic acid groups (broad SMARTS) is 1. The molecule has 0 atom stereocenters. The number of hydrogen-bond acceptors (Lipinski definition) is 3. The molecule has 0 amide bonds. The summed E-state index contributed by atoms with van der Waals surface area (Å²) in [6, 6.07) is 17.0. The third kappa shape index (κ3) is 3.71. The molecule has 0 bridgehead atoms. The maximum absolute atomic E-state index is 10.9. The number of piperidine rings is 1. The molecule has 1 heterocycles. The van der Waals surface area contributed by atoms with Gasteiger partial charge in [-0.3, -0.25) is 0 Å². The number of anilines is 1. The van der Waals surface area contributed by atoms with E-state index in [9.17, 15) is 9.90 Å². The average molecular weight is 311 g/mol. The molecule has 0 unspecified atom stereocenters. The van der Waals surface area contributed by atoms with Crippen LogP contribution in [0.3, 0.4) is 0 Å². The highest BCUT2D eigenvalue weighted by atomic mass is 16.4. The Bertz CT molecular complexity index is 659. The van der Waals surface area contributed by atoms with Crippen LogP contribution in [0.25, 0.3) is 0 Å². The fraction of sp³-hybridized carbons (Fsp3) is 0.316. The smallest absolute Gasteiger partial charge is 0.335 e. The maximum Gasteiger partial charge on any atom is 0.335 e. The fourth-order valence-electron chi connectivity index (χ4n) is 3.15. The molecule has 0 aromatic heterocycles. The van der Waals surface area contributed by atoms with Crippen molar-refractivity contribution in [2.75, 3.05) is 18.0 Å². The van der Waals surface area contributed by atoms with Gasteiger partial charge in [0.25, 0.3) is 0 Å². The van der Waals surface area contributed by atoms with E-state index in [0.717, 1.165) is 24.3 Å². The predicted octanol–water partition coefficient (Wildman–Crippen LogP) is 2.96. The summed E-state index contributed by atoms with van der Waals surface area (Å²) in [6.45, 7) is 1.55. The number of rotatable bonds is 4. The molecule has 1 aliphatic rings. The minimum absolute atomic E-state index is 0.298. The molecule has 2 aromatic rings. The molecule has 1 fully saturated rings. The fourth-order valence-corrected chi connectivity index (χ4v) is 3.15. The zero-order chi connectivity index (χ0) is 16.3. The monoisotopic (exact) mass is 311 g/mol. The van der Waals surface area contributed by atoms with Gasteiger partial charge in [-0.25, -0.2) is 4.79 Å². The van der Waals surface area contributed by atoms with Crippen molar-refractivity contribution in [3.63, 3.8) is 0 Å². The molecule has 2 N–H and O–H groups in total. The van der Waals surface area contributed by atoms with Crippen molar-refractivity contribution in [3.8, 4) is 0 Å². The molecule has 0 saturated carbocycles. The molecular formula is C19H21NO3. The summed E-state index contributed by atoms with van der Waals surface area (Å²) in [5.74, 6) is -0.910. The van der Waals surface area contributed by atoms with Gasteiger partial charge >= 0.3 is 5.97 Å². The molecule has 1 saturated heterocycles. The molecule has 23 heavy (non-hydrogen) atoms. The van der Waals surface area contributed by atoms with Crippen LogP contribution in [0, 0.1) is 0 Å². The van der Waals surface area contributed by atoms with Crippen molar-refractivity contribution < 1.29 is 15.0 Å². The Balaban J connectivity index is 1.62. The molecule has 0 spiro atoms. The summed E-state index contributed by atoms with van der Waals surface area (Å²) in [5.41, 5.74) is 1.82. The van der Waals surface area contributed by atoms with E-state index in [1.54, 1.807) is 12.1 Å². The van der Waals surface area contributed by atoms with Gasteiger partial charge < -0.3 is 15.1 Å². The Hall–Kier alpha value is -2.33. The van der Waals surface area contributed by atoms with Crippen LogP contribution in [0.1, 0.15) is 28.8 Å². The number of aliphatic hydroxyl groups is 1. The van der Waals surface area contributed by atoms with Crippen molar-refractivity contribution >= 4 is 11.7 Å². The van der Waals surface area contributed by atoms with Gasteiger partial charge in [-0.1, -0.05) is 30.3 Å². The molecule has 0 aliphatic carbocycles. The van der Waals surface area contributed by atoms with Crippen molar-refractivity contribution in [2.24, 2.45) is 0 Å². The summed E-state index contributed by atoms with van der Waals surface area (Å²) in [6.07, 6.45) is 2.10.